The Morgan fingerprint density at radius 2 is 1.96 bits per heavy atom. The Bertz CT molecular complexity index is 925. The fraction of sp³-hybridized carbons (Fsp3) is 0.167. The van der Waals surface area contributed by atoms with Gasteiger partial charge in [0.1, 0.15) is 5.65 Å². The summed E-state index contributed by atoms with van der Waals surface area (Å²) in [5, 5.41) is 9.80. The molecule has 5 nitrogen and oxygen atoms in total. The lowest BCUT2D eigenvalue weighted by Crippen LogP contribution is -2.31. The third kappa shape index (κ3) is 2.60. The number of aldehydes is 1. The average Bonchev–Trinajstić information content (AvgIpc) is 2.93. The van der Waals surface area contributed by atoms with Crippen LogP contribution in [-0.4, -0.2) is 15.8 Å². The molecule has 2 heterocycles. The highest BCUT2D eigenvalue weighted by Crippen LogP contribution is 2.29. The van der Waals surface area contributed by atoms with E-state index in [1.807, 2.05) is 36.6 Å². The van der Waals surface area contributed by atoms with Gasteiger partial charge in [-0.2, -0.15) is 5.26 Å². The second-order valence-corrected chi connectivity index (χ2v) is 6.04. The fourth-order valence-electron chi connectivity index (χ4n) is 2.60. The molecule has 23 heavy (non-hydrogen) atoms. The Balaban J connectivity index is 2.31. The van der Waals surface area contributed by atoms with Gasteiger partial charge >= 0.3 is 0 Å². The van der Waals surface area contributed by atoms with E-state index < -0.39 is 5.54 Å². The SMILES string of the molecule is CC(C)(N)c1cc2cc(C=O)cnc2n1-c1ccc(C#N)cc1. The third-order valence-electron chi connectivity index (χ3n) is 3.71. The van der Waals surface area contributed by atoms with E-state index in [-0.39, 0.29) is 0 Å². The number of nitrogens with two attached hydrogens (primary N) is 1. The predicted molar refractivity (Wildman–Crippen MR) is 88.4 cm³/mol. The largest absolute Gasteiger partial charge is 0.321 e. The number of hydrogen-bond donors (Lipinski definition) is 1. The maximum absolute atomic E-state index is 11.0. The van der Waals surface area contributed by atoms with Crippen LogP contribution in [0.5, 0.6) is 0 Å². The molecule has 0 amide bonds. The molecule has 0 radical (unpaired) electrons. The summed E-state index contributed by atoms with van der Waals surface area (Å²) in [6.07, 6.45) is 2.32. The number of hydrogen-bond acceptors (Lipinski definition) is 4. The number of carbonyl (C=O) groups excluding carboxylic acids is 1. The van der Waals surface area contributed by atoms with E-state index in [4.69, 9.17) is 11.0 Å². The molecule has 0 bridgehead atoms. The number of rotatable bonds is 3. The standard InChI is InChI=1S/C18H16N4O/c1-18(2,20)16-8-14-7-13(11-23)10-21-17(14)22(16)15-5-3-12(9-19)4-6-15/h3-8,10-11H,20H2,1-2H3. The first-order chi connectivity index (χ1) is 10.9. The Kier molecular flexibility index (Phi) is 3.47. The third-order valence-corrected chi connectivity index (χ3v) is 3.71. The van der Waals surface area contributed by atoms with E-state index in [1.54, 1.807) is 24.4 Å². The zero-order chi connectivity index (χ0) is 16.6. The first-order valence-corrected chi connectivity index (χ1v) is 7.20. The molecule has 0 saturated heterocycles. The van der Waals surface area contributed by atoms with Gasteiger partial charge in [0.25, 0.3) is 0 Å². The zero-order valence-corrected chi connectivity index (χ0v) is 12.9. The highest BCUT2D eigenvalue weighted by Gasteiger charge is 2.23. The Labute approximate surface area is 134 Å². The van der Waals surface area contributed by atoms with Crippen LogP contribution >= 0.6 is 0 Å². The minimum Gasteiger partial charge on any atom is -0.321 e. The van der Waals surface area contributed by atoms with Crippen molar-refractivity contribution >= 4 is 17.3 Å². The quantitative estimate of drug-likeness (QED) is 0.754. The molecule has 3 aromatic rings. The van der Waals surface area contributed by atoms with Crippen molar-refractivity contribution in [2.45, 2.75) is 19.4 Å². The van der Waals surface area contributed by atoms with Crippen LogP contribution in [0.15, 0.2) is 42.6 Å². The van der Waals surface area contributed by atoms with Crippen molar-refractivity contribution in [2.24, 2.45) is 5.73 Å². The highest BCUT2D eigenvalue weighted by molar-refractivity contribution is 5.86. The molecule has 1 aromatic carbocycles. The maximum atomic E-state index is 11.0. The summed E-state index contributed by atoms with van der Waals surface area (Å²) in [6, 6.07) is 13.1. The lowest BCUT2D eigenvalue weighted by atomic mass is 10.0. The van der Waals surface area contributed by atoms with Crippen molar-refractivity contribution in [3.63, 3.8) is 0 Å². The smallest absolute Gasteiger partial charge is 0.151 e. The van der Waals surface area contributed by atoms with Crippen LogP contribution in [0.25, 0.3) is 16.7 Å². The van der Waals surface area contributed by atoms with E-state index in [1.165, 1.54) is 0 Å². The molecule has 5 heteroatoms. The number of nitriles is 1. The van der Waals surface area contributed by atoms with Gasteiger partial charge in [0.05, 0.1) is 17.2 Å². The van der Waals surface area contributed by atoms with Gasteiger partial charge in [-0.25, -0.2) is 4.98 Å². The van der Waals surface area contributed by atoms with Gasteiger partial charge in [-0.05, 0) is 50.2 Å². The average molecular weight is 304 g/mol. The Morgan fingerprint density at radius 1 is 1.26 bits per heavy atom. The molecule has 0 atom stereocenters. The summed E-state index contributed by atoms with van der Waals surface area (Å²) in [4.78, 5) is 15.4. The van der Waals surface area contributed by atoms with Gasteiger partial charge in [-0.3, -0.25) is 9.36 Å². The first kappa shape index (κ1) is 14.9. The molecule has 114 valence electrons. The van der Waals surface area contributed by atoms with E-state index in [9.17, 15) is 4.79 Å². The Morgan fingerprint density at radius 3 is 2.52 bits per heavy atom. The van der Waals surface area contributed by atoms with Crippen molar-refractivity contribution < 1.29 is 4.79 Å². The van der Waals surface area contributed by atoms with Crippen LogP contribution in [0.1, 0.15) is 35.5 Å². The molecule has 3 rings (SSSR count). The second-order valence-electron chi connectivity index (χ2n) is 6.04. The van der Waals surface area contributed by atoms with Crippen molar-refractivity contribution in [2.75, 3.05) is 0 Å². The summed E-state index contributed by atoms with van der Waals surface area (Å²) < 4.78 is 1.96. The van der Waals surface area contributed by atoms with Gasteiger partial charge in [0, 0.05) is 28.5 Å². The number of benzene rings is 1. The predicted octanol–water partition coefficient (Wildman–Crippen LogP) is 2.90. The monoisotopic (exact) mass is 304 g/mol. The number of nitrogens with zero attached hydrogens (tertiary/aromatic N) is 3. The van der Waals surface area contributed by atoms with Crippen LogP contribution in [0.4, 0.5) is 0 Å². The van der Waals surface area contributed by atoms with E-state index >= 15 is 0 Å². The highest BCUT2D eigenvalue weighted by atomic mass is 16.1. The maximum Gasteiger partial charge on any atom is 0.151 e. The molecule has 0 aliphatic carbocycles. The van der Waals surface area contributed by atoms with E-state index in [0.29, 0.717) is 11.1 Å². The number of pyridine rings is 1. The molecule has 2 aromatic heterocycles. The summed E-state index contributed by atoms with van der Waals surface area (Å²) in [5.74, 6) is 0. The van der Waals surface area contributed by atoms with Crippen molar-refractivity contribution in [1.82, 2.24) is 9.55 Å². The van der Waals surface area contributed by atoms with Gasteiger partial charge in [-0.15, -0.1) is 0 Å². The minimum atomic E-state index is -0.587. The summed E-state index contributed by atoms with van der Waals surface area (Å²) in [5.41, 5.74) is 9.33. The minimum absolute atomic E-state index is 0.524. The van der Waals surface area contributed by atoms with Crippen molar-refractivity contribution in [3.8, 4) is 11.8 Å². The lowest BCUT2D eigenvalue weighted by Gasteiger charge is -2.21. The molecule has 0 unspecified atom stereocenters. The summed E-state index contributed by atoms with van der Waals surface area (Å²) >= 11 is 0. The Hall–Kier alpha value is -2.97. The molecule has 2 N–H and O–H groups in total. The molecular weight excluding hydrogens is 288 g/mol. The molecular formula is C18H16N4O. The van der Waals surface area contributed by atoms with E-state index in [0.717, 1.165) is 28.7 Å². The fourth-order valence-corrected chi connectivity index (χ4v) is 2.60. The molecule has 0 fully saturated rings. The van der Waals surface area contributed by atoms with Crippen molar-refractivity contribution in [1.29, 1.82) is 5.26 Å². The topological polar surface area (TPSA) is 84.7 Å². The molecule has 0 saturated carbocycles. The molecule has 0 aliphatic heterocycles. The number of carbonyl (C=O) groups is 1. The van der Waals surface area contributed by atoms with Crippen LogP contribution in [-0.2, 0) is 5.54 Å². The van der Waals surface area contributed by atoms with Crippen molar-refractivity contribution in [3.05, 3.63) is 59.4 Å². The summed E-state index contributed by atoms with van der Waals surface area (Å²) in [7, 11) is 0. The van der Waals surface area contributed by atoms with Gasteiger partial charge in [0.2, 0.25) is 0 Å². The second kappa shape index (κ2) is 5.34. The van der Waals surface area contributed by atoms with Crippen LogP contribution in [0.3, 0.4) is 0 Å². The van der Waals surface area contributed by atoms with Crippen LogP contribution in [0, 0.1) is 11.3 Å². The normalized spacial score (nSPS) is 11.4. The van der Waals surface area contributed by atoms with Gasteiger partial charge in [-0.1, -0.05) is 0 Å². The van der Waals surface area contributed by atoms with Crippen LogP contribution in [0.2, 0.25) is 0 Å². The zero-order valence-electron chi connectivity index (χ0n) is 12.9. The molecule has 0 aliphatic rings. The number of fused-ring (bicyclic) bond motifs is 1. The van der Waals surface area contributed by atoms with E-state index in [2.05, 4.69) is 11.1 Å². The summed E-state index contributed by atoms with van der Waals surface area (Å²) in [6.45, 7) is 3.84. The van der Waals surface area contributed by atoms with Gasteiger partial charge in [0.15, 0.2) is 6.29 Å². The number of aromatic nitrogens is 2. The van der Waals surface area contributed by atoms with Crippen LogP contribution < -0.4 is 5.73 Å². The van der Waals surface area contributed by atoms with Gasteiger partial charge < -0.3 is 5.73 Å². The molecule has 0 spiro atoms. The first-order valence-electron chi connectivity index (χ1n) is 7.20. The lowest BCUT2D eigenvalue weighted by molar-refractivity contribution is 0.112.